The van der Waals surface area contributed by atoms with Crippen LogP contribution in [0.15, 0.2) is 110 Å². The number of amides is 1. The number of nitrogens with zero attached hydrogens (tertiary/aromatic N) is 1. The van der Waals surface area contributed by atoms with Crippen molar-refractivity contribution < 1.29 is 47.9 Å². The molecular formula is C46H48B3Cl2F2NO8. The predicted molar refractivity (Wildman–Crippen MR) is 243 cm³/mol. The number of carbonyl (C=O) groups is 4. The van der Waals surface area contributed by atoms with Crippen LogP contribution in [0.1, 0.15) is 36.8 Å². The second-order valence-electron chi connectivity index (χ2n) is 15.5. The van der Waals surface area contributed by atoms with Gasteiger partial charge in [-0.25, -0.2) is 8.78 Å². The fraction of sp³-hybridized carbons (Fsp3) is 0.304. The topological polar surface area (TPSA) is 141 Å². The number of halogens is 4. The molecule has 1 saturated heterocycles. The van der Waals surface area contributed by atoms with E-state index in [-0.39, 0.29) is 48.9 Å². The number of allylic oxidation sites excluding steroid dienone is 2. The van der Waals surface area contributed by atoms with Gasteiger partial charge in [0, 0.05) is 33.8 Å². The van der Waals surface area contributed by atoms with Crippen molar-refractivity contribution in [3.05, 3.63) is 143 Å². The second kappa shape index (κ2) is 23.6. The lowest BCUT2D eigenvalue weighted by Crippen LogP contribution is -2.42. The van der Waals surface area contributed by atoms with Crippen LogP contribution in [-0.4, -0.2) is 85.4 Å². The lowest BCUT2D eigenvalue weighted by molar-refractivity contribution is -0.152. The fourth-order valence-electron chi connectivity index (χ4n) is 7.86. The van der Waals surface area contributed by atoms with Crippen molar-refractivity contribution in [1.82, 2.24) is 4.81 Å². The minimum Gasteiger partial charge on any atom is -0.481 e. The Balaban J connectivity index is 0.000000273. The van der Waals surface area contributed by atoms with E-state index >= 15 is 0 Å². The summed E-state index contributed by atoms with van der Waals surface area (Å²) < 4.78 is 33.6. The van der Waals surface area contributed by atoms with E-state index in [1.54, 1.807) is 30.3 Å². The van der Waals surface area contributed by atoms with Gasteiger partial charge in [-0.1, -0.05) is 90.2 Å². The Morgan fingerprint density at radius 2 is 1.52 bits per heavy atom. The van der Waals surface area contributed by atoms with E-state index < -0.39 is 30.5 Å². The molecule has 0 spiro atoms. The van der Waals surface area contributed by atoms with Crippen molar-refractivity contribution in [2.75, 3.05) is 13.2 Å². The zero-order chi connectivity index (χ0) is 45.5. The molecule has 2 radical (unpaired) electrons. The summed E-state index contributed by atoms with van der Waals surface area (Å²) in [5.74, 6) is -2.22. The summed E-state index contributed by atoms with van der Waals surface area (Å²) >= 11 is 12.0. The third-order valence-electron chi connectivity index (χ3n) is 11.0. The van der Waals surface area contributed by atoms with E-state index in [1.165, 1.54) is 56.7 Å². The van der Waals surface area contributed by atoms with Crippen LogP contribution in [0, 0.1) is 28.4 Å². The monoisotopic (exact) mass is 883 g/mol. The third kappa shape index (κ3) is 13.1. The van der Waals surface area contributed by atoms with Gasteiger partial charge in [0.2, 0.25) is 5.91 Å². The van der Waals surface area contributed by atoms with Gasteiger partial charge in [0.15, 0.2) is 7.28 Å². The summed E-state index contributed by atoms with van der Waals surface area (Å²) in [6, 6.07) is 23.1. The Kier molecular flexibility index (Phi) is 18.9. The summed E-state index contributed by atoms with van der Waals surface area (Å²) in [4.78, 5) is 48.5. The number of benzene rings is 4. The van der Waals surface area contributed by atoms with E-state index in [9.17, 15) is 43.2 Å². The molecule has 1 aliphatic rings. The number of hydrogen-bond acceptors (Lipinski definition) is 7. The van der Waals surface area contributed by atoms with Crippen molar-refractivity contribution >= 4 is 69.3 Å². The molecule has 62 heavy (non-hydrogen) atoms. The smallest absolute Gasteiger partial charge is 0.450 e. The molecule has 0 saturated carbocycles. The predicted octanol–water partition coefficient (Wildman–Crippen LogP) is 8.44. The number of carboxylic acid groups (broad SMARTS) is 1. The highest BCUT2D eigenvalue weighted by atomic mass is 35.5. The van der Waals surface area contributed by atoms with E-state index in [4.69, 9.17) is 27.9 Å². The molecule has 1 heterocycles. The SMILES string of the molecule is C=CCC(CO)(C[C@H](C[B]C=O)Cc1ccc(-c2cc(Cl)ccc2F)cc1)C(=O)O.C=CCC1(COB(C)O)C[C@@H](Cc2ccc(-c3cc(Cl)ccc3F)cc2)N([B]C=O)C1=O. The van der Waals surface area contributed by atoms with Gasteiger partial charge in [0.1, 0.15) is 17.8 Å². The van der Waals surface area contributed by atoms with Gasteiger partial charge in [-0.2, -0.15) is 0 Å². The summed E-state index contributed by atoms with van der Waals surface area (Å²) in [5.41, 5.74) is 1.80. The molecule has 0 aromatic heterocycles. The quantitative estimate of drug-likeness (QED) is 0.0406. The molecule has 4 aromatic carbocycles. The number of rotatable bonds is 22. The van der Waals surface area contributed by atoms with Crippen molar-refractivity contribution in [1.29, 1.82) is 0 Å². The highest BCUT2D eigenvalue weighted by molar-refractivity contribution is 6.67. The molecule has 4 aromatic rings. The van der Waals surface area contributed by atoms with E-state index in [0.717, 1.165) is 11.1 Å². The number of carbonyl (C=O) groups excluding carboxylic acids is 3. The van der Waals surface area contributed by atoms with Crippen molar-refractivity contribution in [2.24, 2.45) is 16.7 Å². The summed E-state index contributed by atoms with van der Waals surface area (Å²) in [7, 11) is 1.69. The first kappa shape index (κ1) is 49.8. The maximum Gasteiger partial charge on any atom is 0.450 e. The normalized spacial score (nSPS) is 17.2. The Morgan fingerprint density at radius 3 is 1.98 bits per heavy atom. The molecule has 1 fully saturated rings. The zero-order valence-corrected chi connectivity index (χ0v) is 35.9. The molecule has 16 heteroatoms. The number of aliphatic hydroxyl groups is 1. The van der Waals surface area contributed by atoms with Crippen LogP contribution in [0.3, 0.4) is 0 Å². The first-order chi connectivity index (χ1) is 29.6. The lowest BCUT2D eigenvalue weighted by Gasteiger charge is -2.30. The van der Waals surface area contributed by atoms with Crippen LogP contribution in [0.5, 0.6) is 0 Å². The maximum absolute atomic E-state index is 14.2. The first-order valence-electron chi connectivity index (χ1n) is 20.0. The van der Waals surface area contributed by atoms with E-state index in [2.05, 4.69) is 13.2 Å². The van der Waals surface area contributed by atoms with Gasteiger partial charge in [-0.3, -0.25) is 9.59 Å². The average molecular weight is 884 g/mol. The summed E-state index contributed by atoms with van der Waals surface area (Å²) in [6.07, 6.45) is 6.95. The minimum absolute atomic E-state index is 0.0300. The molecule has 322 valence electrons. The van der Waals surface area contributed by atoms with Crippen LogP contribution < -0.4 is 0 Å². The van der Waals surface area contributed by atoms with Crippen LogP contribution in [0.25, 0.3) is 22.3 Å². The molecule has 4 atom stereocenters. The molecule has 2 unspecified atom stereocenters. The molecular weight excluding hydrogens is 836 g/mol. The molecule has 1 aliphatic heterocycles. The average Bonchev–Trinajstić information content (AvgIpc) is 3.50. The van der Waals surface area contributed by atoms with Crippen LogP contribution in [0.2, 0.25) is 23.2 Å². The molecule has 9 nitrogen and oxygen atoms in total. The number of aliphatic hydroxyl groups excluding tert-OH is 1. The molecule has 0 aliphatic carbocycles. The molecule has 0 bridgehead atoms. The highest BCUT2D eigenvalue weighted by Gasteiger charge is 2.50. The third-order valence-corrected chi connectivity index (χ3v) is 11.5. The molecule has 3 N–H and O–H groups in total. The number of aliphatic carboxylic acids is 1. The lowest BCUT2D eigenvalue weighted by atomic mass is 9.65. The van der Waals surface area contributed by atoms with Gasteiger partial charge in [-0.05, 0) is 110 Å². The van der Waals surface area contributed by atoms with Gasteiger partial charge in [0.05, 0.1) is 23.6 Å². The molecule has 1 amide bonds. The maximum atomic E-state index is 14.2. The van der Waals surface area contributed by atoms with Crippen molar-refractivity contribution in [3.63, 3.8) is 0 Å². The molecule has 5 rings (SSSR count). The van der Waals surface area contributed by atoms with Crippen LogP contribution in [-0.2, 0) is 36.7 Å². The largest absolute Gasteiger partial charge is 0.481 e. The van der Waals surface area contributed by atoms with E-state index in [1.807, 2.05) is 36.4 Å². The first-order valence-corrected chi connectivity index (χ1v) is 20.7. The van der Waals surface area contributed by atoms with Gasteiger partial charge in [-0.15, -0.1) is 13.2 Å². The second-order valence-corrected chi connectivity index (χ2v) is 16.4. The highest BCUT2D eigenvalue weighted by Crippen LogP contribution is 2.41. The van der Waals surface area contributed by atoms with Gasteiger partial charge < -0.3 is 34.3 Å². The van der Waals surface area contributed by atoms with Crippen molar-refractivity contribution in [3.8, 4) is 22.3 Å². The van der Waals surface area contributed by atoms with Crippen LogP contribution in [0.4, 0.5) is 8.78 Å². The van der Waals surface area contributed by atoms with Crippen LogP contribution >= 0.6 is 23.2 Å². The Morgan fingerprint density at radius 1 is 0.952 bits per heavy atom. The minimum atomic E-state index is -1.34. The Hall–Kier alpha value is -4.85. The number of carboxylic acids is 1. The Labute approximate surface area is 373 Å². The van der Waals surface area contributed by atoms with Gasteiger partial charge in [0.25, 0.3) is 0 Å². The summed E-state index contributed by atoms with van der Waals surface area (Å²) in [6.45, 7) is 8.36. The Bertz CT molecular complexity index is 2180. The summed E-state index contributed by atoms with van der Waals surface area (Å²) in [5, 5.41) is 29.9. The standard InChI is InChI=1S/C23H24B2ClFNO4.C23H24BClFO4/c1-3-10-23(14-32-25(2)31)13-19(28(22(23)30)24-15-29)11-16-4-6-17(7-5-16)20-12-18(26)8-9-21(20)27;1-2-9-23(14-27,22(29)30)12-17(13-24-15-28)10-16-3-5-18(6-4-16)20-11-19(25)7-8-21(20)26/h3-9,12,15,19,31H,1,10-11,13-14H2,2H3;2-8,11,15,17,27H,1,9-10,12-14H2,(H,29,30)/t19-,23?;17-,23?/m11/s1. The van der Waals surface area contributed by atoms with Gasteiger partial charge >= 0.3 is 20.5 Å². The van der Waals surface area contributed by atoms with E-state index in [0.29, 0.717) is 76.7 Å². The fourth-order valence-corrected chi connectivity index (χ4v) is 8.21. The van der Waals surface area contributed by atoms with Crippen molar-refractivity contribution in [2.45, 2.75) is 57.7 Å². The number of hydrogen-bond donors (Lipinski definition) is 3. The zero-order valence-electron chi connectivity index (χ0n) is 34.4.